The number of aliphatic hydroxyl groups is 1. The molecule has 4 rings (SSSR count). The van der Waals surface area contributed by atoms with Gasteiger partial charge < -0.3 is 15.6 Å². The first-order valence-corrected chi connectivity index (χ1v) is 11.5. The predicted octanol–water partition coefficient (Wildman–Crippen LogP) is 0.362. The van der Waals surface area contributed by atoms with E-state index >= 15 is 0 Å². The quantitative estimate of drug-likeness (QED) is 0.467. The number of anilines is 1. The highest BCUT2D eigenvalue weighted by Crippen LogP contribution is 2.45. The molecule has 0 bridgehead atoms. The van der Waals surface area contributed by atoms with E-state index in [1.807, 2.05) is 0 Å². The average molecular weight is 484 g/mol. The molecule has 172 valence electrons. The van der Waals surface area contributed by atoms with Crippen LogP contribution in [0.15, 0.2) is 11.4 Å². The molecule has 2 aromatic heterocycles. The summed E-state index contributed by atoms with van der Waals surface area (Å²) in [6, 6.07) is 0. The lowest BCUT2D eigenvalue weighted by molar-refractivity contribution is -0.103. The number of rotatable bonds is 7. The van der Waals surface area contributed by atoms with E-state index in [1.54, 1.807) is 0 Å². The number of nitrogens with zero attached hydrogens (tertiary/aromatic N) is 4. The van der Waals surface area contributed by atoms with E-state index in [0.29, 0.717) is 16.2 Å². The summed E-state index contributed by atoms with van der Waals surface area (Å²) >= 11 is 1.16. The maximum absolute atomic E-state index is 14.8. The van der Waals surface area contributed by atoms with Gasteiger partial charge in [-0.25, -0.2) is 33.0 Å². The zero-order chi connectivity index (χ0) is 22.6. The molecule has 2 fully saturated rings. The number of alkyl halides is 3. The highest BCUT2D eigenvalue weighted by atomic mass is 32.2. The number of thioether (sulfide) groups is 1. The van der Waals surface area contributed by atoms with Gasteiger partial charge in [-0.2, -0.15) is 13.5 Å². The minimum absolute atomic E-state index is 0.0563. The van der Waals surface area contributed by atoms with E-state index in [9.17, 15) is 26.7 Å². The van der Waals surface area contributed by atoms with Crippen molar-refractivity contribution in [1.82, 2.24) is 19.7 Å². The molecule has 0 aromatic carbocycles. The van der Waals surface area contributed by atoms with Crippen LogP contribution in [0.2, 0.25) is 0 Å². The first-order valence-electron chi connectivity index (χ1n) is 9.09. The van der Waals surface area contributed by atoms with Crippen molar-refractivity contribution in [2.75, 3.05) is 18.1 Å². The number of hydrogen-bond acceptors (Lipinski definition) is 10. The van der Waals surface area contributed by atoms with Gasteiger partial charge in [-0.3, -0.25) is 4.18 Å². The van der Waals surface area contributed by atoms with Crippen molar-refractivity contribution in [1.29, 1.82) is 0 Å². The van der Waals surface area contributed by atoms with Gasteiger partial charge in [0.25, 0.3) is 0 Å². The fourth-order valence-corrected chi connectivity index (χ4v) is 4.98. The summed E-state index contributed by atoms with van der Waals surface area (Å²) in [6.45, 7) is -0.704. The van der Waals surface area contributed by atoms with E-state index in [1.165, 1.54) is 0 Å². The standard InChI is InChI=1S/C15H19F3N6O5S2/c16-9-10(25)7(3-28-31(20,26)27)29-14(9)24-12-8(11(19)21-5-22-12)13(23-24)30-4-6-1-15(17,18)2-6/h5-7,9-10,14,25H,1-4H2,(H2,19,21,22)(H2,20,26,27)/t7-,9+,10-,14-/m1/s1. The van der Waals surface area contributed by atoms with Crippen molar-refractivity contribution < 1.29 is 35.6 Å². The number of aromatic nitrogens is 4. The molecular formula is C15H19F3N6O5S2. The zero-order valence-electron chi connectivity index (χ0n) is 15.8. The number of ether oxygens (including phenoxy) is 1. The number of nitrogen functional groups attached to an aromatic ring is 1. The number of hydrogen-bond donors (Lipinski definition) is 3. The van der Waals surface area contributed by atoms with Crippen LogP contribution in [-0.4, -0.2) is 69.9 Å². The Morgan fingerprint density at radius 1 is 1.39 bits per heavy atom. The summed E-state index contributed by atoms with van der Waals surface area (Å²) in [7, 11) is -4.32. The van der Waals surface area contributed by atoms with Crippen molar-refractivity contribution >= 4 is 38.9 Å². The molecule has 4 atom stereocenters. The Morgan fingerprint density at radius 2 is 2.10 bits per heavy atom. The third-order valence-electron chi connectivity index (χ3n) is 5.05. The fourth-order valence-electron chi connectivity index (χ4n) is 3.54. The predicted molar refractivity (Wildman–Crippen MR) is 102 cm³/mol. The van der Waals surface area contributed by atoms with Gasteiger partial charge in [-0.15, -0.1) is 11.8 Å². The second-order valence-corrected chi connectivity index (χ2v) is 9.66. The molecule has 0 unspecified atom stereocenters. The van der Waals surface area contributed by atoms with E-state index in [-0.39, 0.29) is 30.2 Å². The normalized spacial score (nSPS) is 28.8. The first kappa shape index (κ1) is 22.5. The highest BCUT2D eigenvalue weighted by Gasteiger charge is 2.48. The summed E-state index contributed by atoms with van der Waals surface area (Å²) < 4.78 is 73.8. The van der Waals surface area contributed by atoms with Gasteiger partial charge in [-0.1, -0.05) is 0 Å². The van der Waals surface area contributed by atoms with Crippen LogP contribution in [-0.2, 0) is 19.2 Å². The van der Waals surface area contributed by atoms with Crippen LogP contribution in [0.4, 0.5) is 19.0 Å². The van der Waals surface area contributed by atoms with Crippen LogP contribution >= 0.6 is 11.8 Å². The molecule has 0 radical (unpaired) electrons. The molecule has 5 N–H and O–H groups in total. The van der Waals surface area contributed by atoms with Gasteiger partial charge in [0.1, 0.15) is 29.4 Å². The van der Waals surface area contributed by atoms with Gasteiger partial charge in [0.05, 0.1) is 12.0 Å². The van der Waals surface area contributed by atoms with E-state index in [4.69, 9.17) is 15.6 Å². The number of nitrogens with two attached hydrogens (primary N) is 2. The molecule has 16 heteroatoms. The Hall–Kier alpha value is -1.72. The molecule has 2 aromatic rings. The van der Waals surface area contributed by atoms with Crippen molar-refractivity contribution in [3.8, 4) is 0 Å². The molecule has 0 amide bonds. The monoisotopic (exact) mass is 484 g/mol. The van der Waals surface area contributed by atoms with Gasteiger partial charge >= 0.3 is 10.3 Å². The Labute approximate surface area is 178 Å². The third kappa shape index (κ3) is 4.58. The summed E-state index contributed by atoms with van der Waals surface area (Å²) in [4.78, 5) is 7.96. The molecule has 2 aliphatic rings. The maximum Gasteiger partial charge on any atom is 0.333 e. The number of fused-ring (bicyclic) bond motifs is 1. The molecule has 1 saturated carbocycles. The third-order valence-corrected chi connectivity index (χ3v) is 6.71. The second kappa shape index (κ2) is 8.00. The Morgan fingerprint density at radius 3 is 2.74 bits per heavy atom. The summed E-state index contributed by atoms with van der Waals surface area (Å²) in [5.41, 5.74) is 6.04. The van der Waals surface area contributed by atoms with E-state index < -0.39 is 47.4 Å². The van der Waals surface area contributed by atoms with Gasteiger partial charge in [-0.05, 0) is 5.92 Å². The van der Waals surface area contributed by atoms with Gasteiger partial charge in [0.15, 0.2) is 18.0 Å². The van der Waals surface area contributed by atoms with Crippen LogP contribution < -0.4 is 10.9 Å². The van der Waals surface area contributed by atoms with Gasteiger partial charge in [0.2, 0.25) is 5.92 Å². The lowest BCUT2D eigenvalue weighted by atomic mass is 9.83. The minimum atomic E-state index is -4.32. The fraction of sp³-hybridized carbons (Fsp3) is 0.667. The SMILES string of the molecule is Nc1ncnc2c1c(SCC1CC(F)(F)C1)nn2[C@@H]1O[C@H](COS(N)(=O)=O)[C@@H](O)[C@@H]1F. The molecule has 3 heterocycles. The summed E-state index contributed by atoms with van der Waals surface area (Å²) in [6.07, 6.45) is -5.85. The van der Waals surface area contributed by atoms with Crippen LogP contribution in [0.3, 0.4) is 0 Å². The van der Waals surface area contributed by atoms with E-state index in [2.05, 4.69) is 19.2 Å². The lowest BCUT2D eigenvalue weighted by Crippen LogP contribution is -2.36. The second-order valence-electron chi connectivity index (χ2n) is 7.43. The van der Waals surface area contributed by atoms with Crippen LogP contribution in [0.5, 0.6) is 0 Å². The average Bonchev–Trinajstić information content (AvgIpc) is 3.15. The highest BCUT2D eigenvalue weighted by molar-refractivity contribution is 7.99. The lowest BCUT2D eigenvalue weighted by Gasteiger charge is -2.34. The van der Waals surface area contributed by atoms with Crippen LogP contribution in [0.25, 0.3) is 11.0 Å². The largest absolute Gasteiger partial charge is 0.387 e. The number of aliphatic hydroxyl groups excluding tert-OH is 1. The van der Waals surface area contributed by atoms with Crippen LogP contribution in [0, 0.1) is 5.92 Å². The maximum atomic E-state index is 14.8. The summed E-state index contributed by atoms with van der Waals surface area (Å²) in [5, 5.41) is 19.7. The smallest absolute Gasteiger partial charge is 0.333 e. The topological polar surface area (TPSA) is 168 Å². The molecule has 1 saturated heterocycles. The van der Waals surface area contributed by atoms with Crippen LogP contribution in [0.1, 0.15) is 19.1 Å². The Balaban J connectivity index is 1.58. The Bertz CT molecular complexity index is 1080. The molecule has 11 nitrogen and oxygen atoms in total. The van der Waals surface area contributed by atoms with Crippen molar-refractivity contribution in [3.63, 3.8) is 0 Å². The number of halogens is 3. The first-order chi connectivity index (χ1) is 14.5. The molecule has 31 heavy (non-hydrogen) atoms. The zero-order valence-corrected chi connectivity index (χ0v) is 17.4. The minimum Gasteiger partial charge on any atom is -0.387 e. The van der Waals surface area contributed by atoms with Crippen molar-refractivity contribution in [3.05, 3.63) is 6.33 Å². The molecule has 0 spiro atoms. The van der Waals surface area contributed by atoms with Crippen molar-refractivity contribution in [2.45, 2.75) is 48.4 Å². The molecule has 1 aliphatic carbocycles. The van der Waals surface area contributed by atoms with Crippen molar-refractivity contribution in [2.24, 2.45) is 11.1 Å². The molecular weight excluding hydrogens is 465 g/mol. The summed E-state index contributed by atoms with van der Waals surface area (Å²) in [5.74, 6) is -2.46. The van der Waals surface area contributed by atoms with Gasteiger partial charge in [0, 0.05) is 18.6 Å². The van der Waals surface area contributed by atoms with E-state index in [0.717, 1.165) is 22.8 Å². The molecule has 1 aliphatic heterocycles. The Kier molecular flexibility index (Phi) is 5.80.